The highest BCUT2D eigenvalue weighted by Crippen LogP contribution is 2.32. The lowest BCUT2D eigenvalue weighted by Gasteiger charge is -2.13. The number of nitrogens with zero attached hydrogens (tertiary/aromatic N) is 4. The summed E-state index contributed by atoms with van der Waals surface area (Å²) in [5.74, 6) is -0.998. The van der Waals surface area contributed by atoms with E-state index in [2.05, 4.69) is 20.6 Å². The predicted molar refractivity (Wildman–Crippen MR) is 87.8 cm³/mol. The molecule has 1 aliphatic heterocycles. The van der Waals surface area contributed by atoms with Gasteiger partial charge in [0.2, 0.25) is 5.82 Å². The first kappa shape index (κ1) is 17.4. The number of primary amides is 1. The van der Waals surface area contributed by atoms with Crippen LogP contribution < -0.4 is 11.2 Å². The van der Waals surface area contributed by atoms with Crippen molar-refractivity contribution in [1.29, 1.82) is 0 Å². The number of rotatable bonds is 4. The highest BCUT2D eigenvalue weighted by atomic mass is 19.4. The maximum atomic E-state index is 13.2. The fourth-order valence-electron chi connectivity index (χ4n) is 2.39. The van der Waals surface area contributed by atoms with Gasteiger partial charge in [0.15, 0.2) is 5.82 Å². The summed E-state index contributed by atoms with van der Waals surface area (Å²) >= 11 is 0. The zero-order chi connectivity index (χ0) is 18.7. The molecule has 1 aliphatic rings. The number of nitrogens with two attached hydrogens (primary N) is 1. The Morgan fingerprint density at radius 3 is 2.77 bits per heavy atom. The Bertz CT molecular complexity index is 926. The Kier molecular flexibility index (Phi) is 4.57. The summed E-state index contributed by atoms with van der Waals surface area (Å²) < 4.78 is 40.9. The molecule has 10 heteroatoms. The molecule has 1 amide bonds. The third-order valence-corrected chi connectivity index (χ3v) is 3.52. The van der Waals surface area contributed by atoms with E-state index in [0.717, 1.165) is 6.07 Å². The lowest BCUT2D eigenvalue weighted by Crippen LogP contribution is -2.15. The molecular formula is C16H13F3N6O. The van der Waals surface area contributed by atoms with Gasteiger partial charge in [0.25, 0.3) is 5.91 Å². The molecular weight excluding hydrogens is 349 g/mol. The number of hydrogen-bond donors (Lipinski definition) is 2. The van der Waals surface area contributed by atoms with Crippen molar-refractivity contribution in [1.82, 2.24) is 20.2 Å². The van der Waals surface area contributed by atoms with Gasteiger partial charge in [-0.25, -0.2) is 9.67 Å². The molecule has 1 aromatic heterocycles. The standard InChI is InChI=1S/C16H13F3N6O/c17-16(18,19)12-6-2-1-4-11(12)9-25-15(23-14(24-25)13(20)26)10-5-3-7-21-22-8-10/h1-8,21H,9H2,(H2,20,26). The maximum absolute atomic E-state index is 13.2. The van der Waals surface area contributed by atoms with E-state index in [-0.39, 0.29) is 23.8 Å². The Balaban J connectivity index is 2.07. The van der Waals surface area contributed by atoms with Crippen LogP contribution in [0.4, 0.5) is 13.2 Å². The van der Waals surface area contributed by atoms with Crippen LogP contribution in [-0.2, 0) is 12.7 Å². The fourth-order valence-corrected chi connectivity index (χ4v) is 2.39. The van der Waals surface area contributed by atoms with Crippen LogP contribution in [0.3, 0.4) is 0 Å². The van der Waals surface area contributed by atoms with E-state index >= 15 is 0 Å². The Labute approximate surface area is 145 Å². The second-order valence-electron chi connectivity index (χ2n) is 5.30. The van der Waals surface area contributed by atoms with E-state index in [1.807, 2.05) is 0 Å². The van der Waals surface area contributed by atoms with Crippen LogP contribution in [0.25, 0.3) is 5.57 Å². The molecule has 0 atom stereocenters. The predicted octanol–water partition coefficient (Wildman–Crippen LogP) is 1.93. The van der Waals surface area contributed by atoms with Crippen LogP contribution >= 0.6 is 0 Å². The zero-order valence-corrected chi connectivity index (χ0v) is 13.2. The third kappa shape index (κ3) is 3.63. The molecule has 0 saturated carbocycles. The van der Waals surface area contributed by atoms with Crippen LogP contribution in [-0.4, -0.2) is 26.9 Å². The van der Waals surface area contributed by atoms with Crippen molar-refractivity contribution in [3.63, 3.8) is 0 Å². The number of allylic oxidation sites excluding steroid dienone is 3. The molecule has 1 aromatic carbocycles. The highest BCUT2D eigenvalue weighted by molar-refractivity contribution is 6.09. The van der Waals surface area contributed by atoms with Gasteiger partial charge < -0.3 is 5.73 Å². The smallest absolute Gasteiger partial charge is 0.363 e. The van der Waals surface area contributed by atoms with Gasteiger partial charge in [0.1, 0.15) is 0 Å². The SMILES string of the molecule is NC(=O)c1nc(C2=CC=CNN=C2)n(Cc2ccccc2C(F)(F)F)n1. The van der Waals surface area contributed by atoms with Crippen molar-refractivity contribution in [2.24, 2.45) is 10.8 Å². The van der Waals surface area contributed by atoms with Crippen LogP contribution in [0.1, 0.15) is 27.6 Å². The molecule has 3 N–H and O–H groups in total. The molecule has 0 unspecified atom stereocenters. The van der Waals surface area contributed by atoms with Crippen molar-refractivity contribution >= 4 is 17.7 Å². The summed E-state index contributed by atoms with van der Waals surface area (Å²) in [6, 6.07) is 5.13. The summed E-state index contributed by atoms with van der Waals surface area (Å²) in [4.78, 5) is 15.5. The van der Waals surface area contributed by atoms with Crippen LogP contribution in [0.2, 0.25) is 0 Å². The quantitative estimate of drug-likeness (QED) is 0.868. The number of hydrogen-bond acceptors (Lipinski definition) is 5. The normalized spacial score (nSPS) is 13.9. The zero-order valence-electron chi connectivity index (χ0n) is 13.2. The first-order chi connectivity index (χ1) is 12.4. The summed E-state index contributed by atoms with van der Waals surface area (Å²) in [6.07, 6.45) is 1.72. The average molecular weight is 362 g/mol. The first-order valence-electron chi connectivity index (χ1n) is 7.42. The number of carbonyl (C=O) groups is 1. The molecule has 7 nitrogen and oxygen atoms in total. The van der Waals surface area contributed by atoms with E-state index in [1.165, 1.54) is 29.1 Å². The van der Waals surface area contributed by atoms with Gasteiger partial charge in [-0.15, -0.1) is 5.10 Å². The van der Waals surface area contributed by atoms with Gasteiger partial charge in [0, 0.05) is 11.8 Å². The number of halogens is 3. The molecule has 0 fully saturated rings. The van der Waals surface area contributed by atoms with Gasteiger partial charge in [-0.3, -0.25) is 10.2 Å². The van der Waals surface area contributed by atoms with E-state index in [4.69, 9.17) is 5.73 Å². The van der Waals surface area contributed by atoms with Crippen molar-refractivity contribution < 1.29 is 18.0 Å². The van der Waals surface area contributed by atoms with E-state index in [1.54, 1.807) is 18.4 Å². The summed E-state index contributed by atoms with van der Waals surface area (Å²) in [7, 11) is 0. The number of aromatic nitrogens is 3. The maximum Gasteiger partial charge on any atom is 0.416 e. The average Bonchev–Trinajstić information content (AvgIpc) is 2.82. The number of nitrogens with one attached hydrogen (secondary N) is 1. The number of alkyl halides is 3. The van der Waals surface area contributed by atoms with Gasteiger partial charge in [-0.05, 0) is 23.8 Å². The molecule has 0 radical (unpaired) electrons. The van der Waals surface area contributed by atoms with E-state index in [9.17, 15) is 18.0 Å². The molecule has 3 rings (SSSR count). The minimum absolute atomic E-state index is 0.0120. The molecule has 26 heavy (non-hydrogen) atoms. The third-order valence-electron chi connectivity index (χ3n) is 3.52. The Morgan fingerprint density at radius 1 is 1.27 bits per heavy atom. The van der Waals surface area contributed by atoms with Crippen molar-refractivity contribution in [2.45, 2.75) is 12.7 Å². The van der Waals surface area contributed by atoms with Gasteiger partial charge >= 0.3 is 6.18 Å². The van der Waals surface area contributed by atoms with E-state index in [0.29, 0.717) is 5.57 Å². The largest absolute Gasteiger partial charge is 0.416 e. The lowest BCUT2D eigenvalue weighted by molar-refractivity contribution is -0.138. The molecule has 2 heterocycles. The van der Waals surface area contributed by atoms with Gasteiger partial charge in [-0.1, -0.05) is 18.2 Å². The van der Waals surface area contributed by atoms with Crippen LogP contribution in [0, 0.1) is 0 Å². The number of amides is 1. The topological polar surface area (TPSA) is 98.2 Å². The molecule has 134 valence electrons. The highest BCUT2D eigenvalue weighted by Gasteiger charge is 2.33. The fraction of sp³-hybridized carbons (Fsp3) is 0.125. The Morgan fingerprint density at radius 2 is 2.04 bits per heavy atom. The number of carbonyl (C=O) groups excluding carboxylic acids is 1. The second kappa shape index (κ2) is 6.82. The summed E-state index contributed by atoms with van der Waals surface area (Å²) in [5, 5.41) is 7.83. The van der Waals surface area contributed by atoms with Crippen molar-refractivity contribution in [2.75, 3.05) is 0 Å². The Hall–Kier alpha value is -3.43. The van der Waals surface area contributed by atoms with Crippen molar-refractivity contribution in [3.8, 4) is 0 Å². The molecule has 2 aromatic rings. The van der Waals surface area contributed by atoms with Crippen molar-refractivity contribution in [3.05, 3.63) is 65.4 Å². The van der Waals surface area contributed by atoms with Crippen LogP contribution in [0.5, 0.6) is 0 Å². The first-order valence-corrected chi connectivity index (χ1v) is 7.42. The molecule has 0 spiro atoms. The second-order valence-corrected chi connectivity index (χ2v) is 5.30. The van der Waals surface area contributed by atoms with Crippen LogP contribution in [0.15, 0.2) is 47.7 Å². The number of hydrazone groups is 1. The van der Waals surface area contributed by atoms with Gasteiger partial charge in [0.05, 0.1) is 18.3 Å². The number of benzene rings is 1. The summed E-state index contributed by atoms with van der Waals surface area (Å²) in [5.41, 5.74) is 7.48. The van der Waals surface area contributed by atoms with Gasteiger partial charge in [-0.2, -0.15) is 18.3 Å². The van der Waals surface area contributed by atoms with E-state index < -0.39 is 17.6 Å². The molecule has 0 aliphatic carbocycles. The minimum atomic E-state index is -4.51. The minimum Gasteiger partial charge on any atom is -0.363 e. The molecule has 0 saturated heterocycles. The molecule has 0 bridgehead atoms. The monoisotopic (exact) mass is 362 g/mol. The lowest BCUT2D eigenvalue weighted by atomic mass is 10.1. The summed E-state index contributed by atoms with van der Waals surface area (Å²) in [6.45, 7) is -0.242.